The van der Waals surface area contributed by atoms with Gasteiger partial charge in [0, 0.05) is 0 Å². The number of hydrogen-bond acceptors (Lipinski definition) is 1. The molecule has 0 saturated carbocycles. The van der Waals surface area contributed by atoms with Gasteiger partial charge in [0.15, 0.2) is 0 Å². The van der Waals surface area contributed by atoms with Gasteiger partial charge in [-0.2, -0.15) is 0 Å². The Morgan fingerprint density at radius 2 is 1.52 bits per heavy atom. The second-order valence-electron chi connectivity index (χ2n) is 5.50. The van der Waals surface area contributed by atoms with Crippen molar-refractivity contribution in [2.75, 3.05) is 0 Å². The predicted molar refractivity (Wildman–Crippen MR) is 96.1 cm³/mol. The molecule has 2 nitrogen and oxygen atoms in total. The summed E-state index contributed by atoms with van der Waals surface area (Å²) in [7, 11) is 0. The fourth-order valence-corrected chi connectivity index (χ4v) is 4.92. The van der Waals surface area contributed by atoms with Crippen molar-refractivity contribution in [2.45, 2.75) is 6.54 Å². The van der Waals surface area contributed by atoms with Crippen molar-refractivity contribution in [2.24, 2.45) is 0 Å². The number of hydrogen-bond donors (Lipinski definition) is 0. The molecular weight excluding hydrogens is 349 g/mol. The third-order valence-electron chi connectivity index (χ3n) is 3.91. The molecule has 0 amide bonds. The fourth-order valence-electron chi connectivity index (χ4n) is 2.77. The van der Waals surface area contributed by atoms with Crippen molar-refractivity contribution in [3.05, 3.63) is 94.8 Å². The minimum atomic E-state index is 0.0798. The van der Waals surface area contributed by atoms with Gasteiger partial charge in [-0.1, -0.05) is 0 Å². The van der Waals surface area contributed by atoms with Crippen molar-refractivity contribution >= 4 is 24.4 Å². The molecule has 112 valence electrons. The molecule has 0 aliphatic carbocycles. The summed E-state index contributed by atoms with van der Waals surface area (Å²) in [6.45, 7) is 0.675. The molecule has 0 bridgehead atoms. The van der Waals surface area contributed by atoms with Crippen LogP contribution in [0.15, 0.2) is 83.7 Å². The van der Waals surface area contributed by atoms with Crippen LogP contribution in [0.2, 0.25) is 0 Å². The van der Waals surface area contributed by atoms with E-state index in [1.807, 2.05) is 40.0 Å². The van der Waals surface area contributed by atoms with Crippen LogP contribution in [0.1, 0.15) is 5.56 Å². The standard InChI is InChI=1S/C20H15NOSe/c22-20-18-11-4-5-12-19(18)23-21(20)14-15-7-6-10-17(13-15)16-8-2-1-3-9-16/h1-13H,14H2. The zero-order chi connectivity index (χ0) is 15.6. The van der Waals surface area contributed by atoms with Crippen LogP contribution >= 0.6 is 0 Å². The van der Waals surface area contributed by atoms with E-state index in [0.29, 0.717) is 6.54 Å². The first kappa shape index (κ1) is 14.3. The number of nitrogens with zero attached hydrogens (tertiary/aromatic N) is 1. The third kappa shape index (κ3) is 2.81. The van der Waals surface area contributed by atoms with E-state index in [0.717, 1.165) is 5.39 Å². The molecule has 0 aliphatic rings. The number of aromatic nitrogens is 1. The molecule has 0 N–H and O–H groups in total. The second-order valence-corrected chi connectivity index (χ2v) is 7.73. The molecule has 23 heavy (non-hydrogen) atoms. The zero-order valence-corrected chi connectivity index (χ0v) is 14.2. The van der Waals surface area contributed by atoms with Crippen LogP contribution in [0, 0.1) is 0 Å². The summed E-state index contributed by atoms with van der Waals surface area (Å²) in [6, 6.07) is 26.7. The predicted octanol–water partition coefficient (Wildman–Crippen LogP) is 3.77. The van der Waals surface area contributed by atoms with Crippen molar-refractivity contribution in [1.29, 1.82) is 0 Å². The third-order valence-corrected chi connectivity index (χ3v) is 6.15. The molecule has 4 aromatic rings. The molecule has 3 aromatic carbocycles. The molecule has 0 atom stereocenters. The molecular formula is C20H15NOSe. The van der Waals surface area contributed by atoms with E-state index < -0.39 is 0 Å². The van der Waals surface area contributed by atoms with Crippen molar-refractivity contribution in [1.82, 2.24) is 3.56 Å². The summed E-state index contributed by atoms with van der Waals surface area (Å²) < 4.78 is 3.16. The molecule has 0 spiro atoms. The summed E-state index contributed by atoms with van der Waals surface area (Å²) in [5.41, 5.74) is 3.73. The van der Waals surface area contributed by atoms with Gasteiger partial charge in [-0.05, 0) is 0 Å². The molecule has 0 aliphatic heterocycles. The van der Waals surface area contributed by atoms with Gasteiger partial charge in [0.25, 0.3) is 0 Å². The monoisotopic (exact) mass is 365 g/mol. The Labute approximate surface area is 140 Å². The number of benzene rings is 3. The molecule has 4 rings (SSSR count). The topological polar surface area (TPSA) is 22.0 Å². The van der Waals surface area contributed by atoms with Crippen LogP contribution in [0.4, 0.5) is 0 Å². The van der Waals surface area contributed by atoms with E-state index >= 15 is 0 Å². The van der Waals surface area contributed by atoms with Gasteiger partial charge in [0.05, 0.1) is 0 Å². The van der Waals surface area contributed by atoms with Crippen molar-refractivity contribution in [3.63, 3.8) is 0 Å². The van der Waals surface area contributed by atoms with Crippen LogP contribution in [-0.4, -0.2) is 18.3 Å². The van der Waals surface area contributed by atoms with Crippen LogP contribution in [0.25, 0.3) is 20.8 Å². The molecule has 1 heterocycles. The van der Waals surface area contributed by atoms with Gasteiger partial charge in [0.2, 0.25) is 0 Å². The van der Waals surface area contributed by atoms with Crippen LogP contribution in [-0.2, 0) is 6.54 Å². The molecule has 1 aromatic heterocycles. The van der Waals surface area contributed by atoms with Crippen LogP contribution in [0.5, 0.6) is 0 Å². The maximum atomic E-state index is 12.5. The number of rotatable bonds is 3. The Morgan fingerprint density at radius 1 is 0.783 bits per heavy atom. The first-order valence-corrected chi connectivity index (χ1v) is 9.17. The van der Waals surface area contributed by atoms with E-state index in [4.69, 9.17) is 0 Å². The van der Waals surface area contributed by atoms with Gasteiger partial charge >= 0.3 is 140 Å². The Bertz CT molecular complexity index is 1010. The minimum absolute atomic E-state index is 0.0798. The van der Waals surface area contributed by atoms with E-state index in [9.17, 15) is 4.79 Å². The second kappa shape index (κ2) is 6.04. The van der Waals surface area contributed by atoms with E-state index in [1.54, 1.807) is 0 Å². The summed E-state index contributed by atoms with van der Waals surface area (Å²) in [5, 5.41) is 0.867. The molecule has 0 fully saturated rings. The van der Waals surface area contributed by atoms with Crippen LogP contribution in [0.3, 0.4) is 0 Å². The molecule has 0 radical (unpaired) electrons. The quantitative estimate of drug-likeness (QED) is 0.507. The molecule has 3 heteroatoms. The van der Waals surface area contributed by atoms with E-state index in [-0.39, 0.29) is 20.3 Å². The molecule has 0 unspecified atom stereocenters. The van der Waals surface area contributed by atoms with Gasteiger partial charge < -0.3 is 0 Å². The summed E-state index contributed by atoms with van der Waals surface area (Å²) in [4.78, 5) is 12.5. The fraction of sp³-hybridized carbons (Fsp3) is 0.0500. The van der Waals surface area contributed by atoms with Gasteiger partial charge in [-0.3, -0.25) is 0 Å². The Balaban J connectivity index is 1.71. The first-order chi connectivity index (χ1) is 11.3. The average Bonchev–Trinajstić information content (AvgIpc) is 2.92. The van der Waals surface area contributed by atoms with Crippen molar-refractivity contribution in [3.8, 4) is 11.1 Å². The van der Waals surface area contributed by atoms with E-state index in [2.05, 4.69) is 42.5 Å². The Kier molecular flexibility index (Phi) is 3.74. The average molecular weight is 364 g/mol. The van der Waals surface area contributed by atoms with Crippen molar-refractivity contribution < 1.29 is 0 Å². The van der Waals surface area contributed by atoms with Crippen LogP contribution < -0.4 is 5.56 Å². The SMILES string of the molecule is O=c1c2ccccc2[se]n1Cc1cccc(-c2ccccc2)c1. The Hall–Kier alpha value is -2.35. The summed E-state index contributed by atoms with van der Waals surface area (Å²) >= 11 is 0.0798. The Morgan fingerprint density at radius 3 is 2.35 bits per heavy atom. The summed E-state index contributed by atoms with van der Waals surface area (Å²) in [5.74, 6) is 0. The molecule has 0 saturated heterocycles. The van der Waals surface area contributed by atoms with E-state index in [1.165, 1.54) is 21.0 Å². The van der Waals surface area contributed by atoms with Gasteiger partial charge in [-0.15, -0.1) is 0 Å². The number of fused-ring (bicyclic) bond motifs is 1. The first-order valence-electron chi connectivity index (χ1n) is 7.54. The van der Waals surface area contributed by atoms with Gasteiger partial charge in [-0.25, -0.2) is 0 Å². The maximum absolute atomic E-state index is 12.5. The summed E-state index contributed by atoms with van der Waals surface area (Å²) in [6.07, 6.45) is 0. The zero-order valence-electron chi connectivity index (χ0n) is 12.5. The normalized spacial score (nSPS) is 11.0. The van der Waals surface area contributed by atoms with Gasteiger partial charge in [0.1, 0.15) is 0 Å².